The third kappa shape index (κ3) is 5.15. The summed E-state index contributed by atoms with van der Waals surface area (Å²) in [5.74, 6) is -0.274. The van der Waals surface area contributed by atoms with Crippen LogP contribution in [0.25, 0.3) is 0 Å². The second-order valence-electron chi connectivity index (χ2n) is 8.35. The number of amides is 1. The van der Waals surface area contributed by atoms with Crippen LogP contribution in [0.5, 0.6) is 0 Å². The molecule has 1 N–H and O–H groups in total. The summed E-state index contributed by atoms with van der Waals surface area (Å²) in [6, 6.07) is 15.5. The number of sulfonamides is 1. The van der Waals surface area contributed by atoms with Crippen molar-refractivity contribution in [3.05, 3.63) is 60.2 Å². The molecule has 0 spiro atoms. The van der Waals surface area contributed by atoms with Gasteiger partial charge in [0.1, 0.15) is 6.04 Å². The summed E-state index contributed by atoms with van der Waals surface area (Å²) in [6.07, 6.45) is 1.20. The first-order valence-corrected chi connectivity index (χ1v) is 12.2. The van der Waals surface area contributed by atoms with Gasteiger partial charge in [-0.1, -0.05) is 30.3 Å². The summed E-state index contributed by atoms with van der Waals surface area (Å²) < 4.78 is 27.3. The zero-order valence-corrected chi connectivity index (χ0v) is 18.7. The van der Waals surface area contributed by atoms with Crippen LogP contribution in [0, 0.1) is 0 Å². The Labute approximate surface area is 184 Å². The number of likely N-dealkylation sites (N-methyl/N-ethyl adjacent to an activating group) is 1. The highest BCUT2D eigenvalue weighted by molar-refractivity contribution is 7.89. The largest absolute Gasteiger partial charge is 0.325 e. The summed E-state index contributed by atoms with van der Waals surface area (Å²) in [4.78, 5) is 17.9. The molecule has 1 atom stereocenters. The molecular weight excluding hydrogens is 412 g/mol. The fourth-order valence-electron chi connectivity index (χ4n) is 4.20. The van der Waals surface area contributed by atoms with E-state index in [1.165, 1.54) is 9.87 Å². The fraction of sp³-hybridized carbons (Fsp3) is 0.435. The van der Waals surface area contributed by atoms with Crippen LogP contribution < -0.4 is 5.32 Å². The van der Waals surface area contributed by atoms with Crippen molar-refractivity contribution in [2.75, 3.05) is 45.1 Å². The van der Waals surface area contributed by atoms with Crippen LogP contribution in [-0.2, 0) is 21.4 Å². The van der Waals surface area contributed by atoms with Gasteiger partial charge in [-0.05, 0) is 49.7 Å². The Morgan fingerprint density at radius 3 is 2.32 bits per heavy atom. The van der Waals surface area contributed by atoms with Gasteiger partial charge in [-0.15, -0.1) is 0 Å². The topological polar surface area (TPSA) is 73.0 Å². The lowest BCUT2D eigenvalue weighted by atomic mass is 10.1. The number of carbonyl (C=O) groups excluding carboxylic acids is 1. The van der Waals surface area contributed by atoms with E-state index in [-0.39, 0.29) is 10.8 Å². The van der Waals surface area contributed by atoms with Gasteiger partial charge >= 0.3 is 0 Å². The van der Waals surface area contributed by atoms with Gasteiger partial charge in [0.05, 0.1) is 4.90 Å². The molecule has 1 amide bonds. The number of hydrogen-bond donors (Lipinski definition) is 1. The van der Waals surface area contributed by atoms with Crippen LogP contribution in [0.4, 0.5) is 5.69 Å². The Balaban J connectivity index is 1.38. The molecule has 0 radical (unpaired) electrons. The maximum Gasteiger partial charge on any atom is 0.243 e. The first-order valence-electron chi connectivity index (χ1n) is 10.8. The number of piperazine rings is 1. The lowest BCUT2D eigenvalue weighted by Crippen LogP contribution is -2.43. The summed E-state index contributed by atoms with van der Waals surface area (Å²) in [6.45, 7) is 5.54. The van der Waals surface area contributed by atoms with Gasteiger partial charge in [0.25, 0.3) is 0 Å². The van der Waals surface area contributed by atoms with E-state index >= 15 is 0 Å². The van der Waals surface area contributed by atoms with Crippen molar-refractivity contribution < 1.29 is 13.2 Å². The molecule has 8 heteroatoms. The smallest absolute Gasteiger partial charge is 0.243 e. The normalized spacial score (nSPS) is 21.3. The van der Waals surface area contributed by atoms with Crippen molar-refractivity contribution in [1.82, 2.24) is 14.1 Å². The molecule has 166 valence electrons. The van der Waals surface area contributed by atoms with E-state index in [2.05, 4.69) is 22.2 Å². The SMILES string of the molecule is CN1CCN(Cc2ccc(NC(=O)[C@@H]3CCCN3S(=O)(=O)c3ccccc3)cc2)CC1. The van der Waals surface area contributed by atoms with Crippen LogP contribution in [-0.4, -0.2) is 74.2 Å². The van der Waals surface area contributed by atoms with Crippen molar-refractivity contribution in [3.8, 4) is 0 Å². The lowest BCUT2D eigenvalue weighted by Gasteiger charge is -2.32. The predicted molar refractivity (Wildman–Crippen MR) is 121 cm³/mol. The fourth-order valence-corrected chi connectivity index (χ4v) is 5.88. The number of nitrogens with one attached hydrogen (secondary N) is 1. The van der Waals surface area contributed by atoms with Crippen molar-refractivity contribution in [2.24, 2.45) is 0 Å². The van der Waals surface area contributed by atoms with Crippen LogP contribution in [0.15, 0.2) is 59.5 Å². The summed E-state index contributed by atoms with van der Waals surface area (Å²) in [7, 11) is -1.54. The van der Waals surface area contributed by atoms with E-state index in [9.17, 15) is 13.2 Å². The van der Waals surface area contributed by atoms with Crippen molar-refractivity contribution in [2.45, 2.75) is 30.3 Å². The molecule has 0 saturated carbocycles. The molecule has 0 unspecified atom stereocenters. The monoisotopic (exact) mass is 442 g/mol. The minimum Gasteiger partial charge on any atom is -0.325 e. The molecule has 0 aromatic heterocycles. The molecule has 0 aliphatic carbocycles. The van der Waals surface area contributed by atoms with Gasteiger partial charge in [0.2, 0.25) is 15.9 Å². The molecule has 4 rings (SSSR count). The average molecular weight is 443 g/mol. The Bertz CT molecular complexity index is 987. The highest BCUT2D eigenvalue weighted by atomic mass is 32.2. The number of benzene rings is 2. The molecule has 2 saturated heterocycles. The minimum absolute atomic E-state index is 0.225. The van der Waals surface area contributed by atoms with E-state index in [0.717, 1.165) is 32.7 Å². The first kappa shape index (κ1) is 22.0. The Hall–Kier alpha value is -2.26. The molecule has 31 heavy (non-hydrogen) atoms. The predicted octanol–water partition coefficient (Wildman–Crippen LogP) is 2.23. The summed E-state index contributed by atoms with van der Waals surface area (Å²) in [5, 5.41) is 2.91. The minimum atomic E-state index is -3.69. The van der Waals surface area contributed by atoms with Gasteiger partial charge in [0, 0.05) is 45.0 Å². The van der Waals surface area contributed by atoms with Crippen molar-refractivity contribution in [3.63, 3.8) is 0 Å². The first-order chi connectivity index (χ1) is 14.9. The third-order valence-electron chi connectivity index (χ3n) is 6.08. The molecule has 2 aliphatic heterocycles. The highest BCUT2D eigenvalue weighted by Gasteiger charge is 2.39. The Kier molecular flexibility index (Phi) is 6.71. The van der Waals surface area contributed by atoms with E-state index in [1.807, 2.05) is 24.3 Å². The molecule has 7 nitrogen and oxygen atoms in total. The average Bonchev–Trinajstić information content (AvgIpc) is 3.28. The van der Waals surface area contributed by atoms with Crippen LogP contribution in [0.3, 0.4) is 0 Å². The molecule has 2 fully saturated rings. The van der Waals surface area contributed by atoms with E-state index in [0.29, 0.717) is 25.1 Å². The van der Waals surface area contributed by atoms with Gasteiger partial charge in [0.15, 0.2) is 0 Å². The lowest BCUT2D eigenvalue weighted by molar-refractivity contribution is -0.119. The molecular formula is C23H30N4O3S. The van der Waals surface area contributed by atoms with Crippen molar-refractivity contribution in [1.29, 1.82) is 0 Å². The van der Waals surface area contributed by atoms with Gasteiger partial charge in [-0.25, -0.2) is 8.42 Å². The molecule has 2 heterocycles. The third-order valence-corrected chi connectivity index (χ3v) is 8.00. The number of nitrogens with zero attached hydrogens (tertiary/aromatic N) is 3. The van der Waals surface area contributed by atoms with Gasteiger partial charge in [-0.2, -0.15) is 4.31 Å². The maximum absolute atomic E-state index is 13.0. The van der Waals surface area contributed by atoms with E-state index in [4.69, 9.17) is 0 Å². The zero-order chi connectivity index (χ0) is 21.8. The second kappa shape index (κ2) is 9.48. The molecule has 2 aliphatic rings. The van der Waals surface area contributed by atoms with E-state index < -0.39 is 16.1 Å². The number of anilines is 1. The summed E-state index contributed by atoms with van der Waals surface area (Å²) in [5.41, 5.74) is 1.90. The Morgan fingerprint density at radius 2 is 1.65 bits per heavy atom. The number of rotatable bonds is 6. The maximum atomic E-state index is 13.0. The summed E-state index contributed by atoms with van der Waals surface area (Å²) >= 11 is 0. The van der Waals surface area contributed by atoms with Crippen LogP contribution in [0.1, 0.15) is 18.4 Å². The number of carbonyl (C=O) groups is 1. The molecule has 2 aromatic rings. The van der Waals surface area contributed by atoms with Gasteiger partial charge in [-0.3, -0.25) is 9.69 Å². The van der Waals surface area contributed by atoms with E-state index in [1.54, 1.807) is 30.3 Å². The zero-order valence-electron chi connectivity index (χ0n) is 17.9. The van der Waals surface area contributed by atoms with Crippen LogP contribution in [0.2, 0.25) is 0 Å². The van der Waals surface area contributed by atoms with Crippen molar-refractivity contribution >= 4 is 21.6 Å². The molecule has 0 bridgehead atoms. The van der Waals surface area contributed by atoms with Gasteiger partial charge < -0.3 is 10.2 Å². The Morgan fingerprint density at radius 1 is 0.968 bits per heavy atom. The number of hydrogen-bond acceptors (Lipinski definition) is 5. The quantitative estimate of drug-likeness (QED) is 0.743. The second-order valence-corrected chi connectivity index (χ2v) is 10.2. The molecule has 2 aromatic carbocycles. The highest BCUT2D eigenvalue weighted by Crippen LogP contribution is 2.27. The standard InChI is InChI=1S/C23H30N4O3S/c1-25-14-16-26(17-15-25)18-19-9-11-20(12-10-19)24-23(28)22-8-5-13-27(22)31(29,30)21-6-3-2-4-7-21/h2-4,6-7,9-12,22H,5,8,13-18H2,1H3,(H,24,28)/t22-/m0/s1. The van der Waals surface area contributed by atoms with Crippen LogP contribution >= 0.6 is 0 Å².